The summed E-state index contributed by atoms with van der Waals surface area (Å²) >= 11 is 3.33. The highest BCUT2D eigenvalue weighted by molar-refractivity contribution is 9.10. The summed E-state index contributed by atoms with van der Waals surface area (Å²) < 4.78 is 28.6. The second-order valence-corrected chi connectivity index (χ2v) is 6.54. The standard InChI is InChI=1S/C17H18BrNO5/c18-17-4-2-13(24-17)8-19-5-6-20-14(9-19)10-21-12-1-3-15-16(7-12)23-11-22-15/h1-4,7,14H,5-6,8-11H2. The topological polar surface area (TPSA) is 53.3 Å². The smallest absolute Gasteiger partial charge is 0.231 e. The Morgan fingerprint density at radius 2 is 2.08 bits per heavy atom. The van der Waals surface area contributed by atoms with Crippen LogP contribution in [0.5, 0.6) is 17.2 Å². The molecule has 1 aromatic carbocycles. The van der Waals surface area contributed by atoms with E-state index in [2.05, 4.69) is 20.8 Å². The molecule has 1 unspecified atom stereocenters. The zero-order chi connectivity index (χ0) is 16.4. The minimum atomic E-state index is 0.0302. The summed E-state index contributed by atoms with van der Waals surface area (Å²) in [6.07, 6.45) is 0.0302. The second kappa shape index (κ2) is 7.04. The molecule has 1 saturated heterocycles. The molecule has 1 fully saturated rings. The lowest BCUT2D eigenvalue weighted by molar-refractivity contribution is -0.0519. The number of furan rings is 1. The Morgan fingerprint density at radius 1 is 1.17 bits per heavy atom. The van der Waals surface area contributed by atoms with Gasteiger partial charge < -0.3 is 23.4 Å². The number of nitrogens with zero attached hydrogens (tertiary/aromatic N) is 1. The molecule has 0 amide bonds. The number of hydrogen-bond acceptors (Lipinski definition) is 6. The maximum absolute atomic E-state index is 5.86. The molecular weight excluding hydrogens is 378 g/mol. The van der Waals surface area contributed by atoms with Crippen molar-refractivity contribution in [3.63, 3.8) is 0 Å². The molecule has 6 nitrogen and oxygen atoms in total. The maximum Gasteiger partial charge on any atom is 0.231 e. The lowest BCUT2D eigenvalue weighted by Gasteiger charge is -2.32. The molecule has 3 heterocycles. The molecule has 0 saturated carbocycles. The van der Waals surface area contributed by atoms with Crippen LogP contribution in [0.1, 0.15) is 5.76 Å². The van der Waals surface area contributed by atoms with E-state index in [0.717, 1.165) is 47.3 Å². The van der Waals surface area contributed by atoms with Gasteiger partial charge in [-0.2, -0.15) is 0 Å². The van der Waals surface area contributed by atoms with E-state index < -0.39 is 0 Å². The third-order valence-electron chi connectivity index (χ3n) is 4.01. The van der Waals surface area contributed by atoms with E-state index in [4.69, 9.17) is 23.4 Å². The first-order chi connectivity index (χ1) is 11.8. The van der Waals surface area contributed by atoms with Gasteiger partial charge in [-0.3, -0.25) is 4.90 Å². The zero-order valence-corrected chi connectivity index (χ0v) is 14.7. The van der Waals surface area contributed by atoms with Crippen molar-refractivity contribution in [3.8, 4) is 17.2 Å². The first-order valence-electron chi connectivity index (χ1n) is 7.87. The van der Waals surface area contributed by atoms with Crippen molar-refractivity contribution < 1.29 is 23.4 Å². The third kappa shape index (κ3) is 3.68. The Hall–Kier alpha value is -1.70. The van der Waals surface area contributed by atoms with Gasteiger partial charge >= 0.3 is 0 Å². The van der Waals surface area contributed by atoms with Crippen LogP contribution in [0.15, 0.2) is 39.4 Å². The number of halogens is 1. The third-order valence-corrected chi connectivity index (χ3v) is 4.44. The van der Waals surface area contributed by atoms with Gasteiger partial charge in [0.15, 0.2) is 16.2 Å². The van der Waals surface area contributed by atoms with Crippen molar-refractivity contribution in [3.05, 3.63) is 40.8 Å². The van der Waals surface area contributed by atoms with Crippen LogP contribution < -0.4 is 14.2 Å². The molecule has 7 heteroatoms. The molecule has 128 valence electrons. The van der Waals surface area contributed by atoms with Crippen molar-refractivity contribution in [1.82, 2.24) is 4.90 Å². The van der Waals surface area contributed by atoms with Gasteiger partial charge in [-0.05, 0) is 40.2 Å². The summed E-state index contributed by atoms with van der Waals surface area (Å²) in [5.41, 5.74) is 0. The number of fused-ring (bicyclic) bond motifs is 1. The number of hydrogen-bond donors (Lipinski definition) is 0. The second-order valence-electron chi connectivity index (χ2n) is 5.76. The Kier molecular flexibility index (Phi) is 4.64. The molecule has 1 atom stereocenters. The summed E-state index contributed by atoms with van der Waals surface area (Å²) in [5, 5.41) is 0. The van der Waals surface area contributed by atoms with Gasteiger partial charge in [0, 0.05) is 19.2 Å². The van der Waals surface area contributed by atoms with Crippen molar-refractivity contribution >= 4 is 15.9 Å². The van der Waals surface area contributed by atoms with Crippen LogP contribution in [0.2, 0.25) is 0 Å². The molecule has 0 aliphatic carbocycles. The molecule has 0 N–H and O–H groups in total. The van der Waals surface area contributed by atoms with E-state index in [-0.39, 0.29) is 12.9 Å². The Bertz CT molecular complexity index is 704. The summed E-state index contributed by atoms with van der Waals surface area (Å²) in [6.45, 7) is 3.93. The average Bonchev–Trinajstić information content (AvgIpc) is 3.21. The normalized spacial score (nSPS) is 20.3. The quantitative estimate of drug-likeness (QED) is 0.775. The van der Waals surface area contributed by atoms with Crippen molar-refractivity contribution in [1.29, 1.82) is 0 Å². The molecular formula is C17H18BrNO5. The first kappa shape index (κ1) is 15.8. The van der Waals surface area contributed by atoms with E-state index in [1.54, 1.807) is 0 Å². The molecule has 0 radical (unpaired) electrons. The fourth-order valence-corrected chi connectivity index (χ4v) is 3.18. The summed E-state index contributed by atoms with van der Waals surface area (Å²) in [6, 6.07) is 9.49. The van der Waals surface area contributed by atoms with Gasteiger partial charge in [0.1, 0.15) is 24.2 Å². The maximum atomic E-state index is 5.86. The van der Waals surface area contributed by atoms with Crippen LogP contribution >= 0.6 is 15.9 Å². The Labute approximate surface area is 148 Å². The van der Waals surface area contributed by atoms with Gasteiger partial charge in [-0.1, -0.05) is 0 Å². The first-order valence-corrected chi connectivity index (χ1v) is 8.66. The van der Waals surface area contributed by atoms with E-state index in [0.29, 0.717) is 13.2 Å². The molecule has 0 spiro atoms. The zero-order valence-electron chi connectivity index (χ0n) is 13.1. The minimum Gasteiger partial charge on any atom is -0.491 e. The molecule has 24 heavy (non-hydrogen) atoms. The largest absolute Gasteiger partial charge is 0.491 e. The molecule has 1 aromatic heterocycles. The summed E-state index contributed by atoms with van der Waals surface area (Å²) in [5.74, 6) is 3.18. The fraction of sp³-hybridized carbons (Fsp3) is 0.412. The average molecular weight is 396 g/mol. The van der Waals surface area contributed by atoms with Gasteiger partial charge in [0.2, 0.25) is 6.79 Å². The van der Waals surface area contributed by atoms with E-state index in [1.807, 2.05) is 30.3 Å². The van der Waals surface area contributed by atoms with Gasteiger partial charge in [-0.15, -0.1) is 0 Å². The highest BCUT2D eigenvalue weighted by Crippen LogP contribution is 2.35. The minimum absolute atomic E-state index is 0.0302. The SMILES string of the molecule is Brc1ccc(CN2CCOC(COc3ccc4c(c3)OCO4)C2)o1. The number of rotatable bonds is 5. The summed E-state index contributed by atoms with van der Waals surface area (Å²) in [4.78, 5) is 2.31. The van der Waals surface area contributed by atoms with Crippen LogP contribution in [-0.4, -0.2) is 44.1 Å². The highest BCUT2D eigenvalue weighted by atomic mass is 79.9. The van der Waals surface area contributed by atoms with Gasteiger partial charge in [-0.25, -0.2) is 0 Å². The van der Waals surface area contributed by atoms with Gasteiger partial charge in [0.05, 0.1) is 13.2 Å². The molecule has 2 aromatic rings. The van der Waals surface area contributed by atoms with Crippen LogP contribution in [0, 0.1) is 0 Å². The Morgan fingerprint density at radius 3 is 2.96 bits per heavy atom. The predicted octanol–water partition coefficient (Wildman–Crippen LogP) is 3.05. The molecule has 0 bridgehead atoms. The van der Waals surface area contributed by atoms with Crippen molar-refractivity contribution in [2.24, 2.45) is 0 Å². The van der Waals surface area contributed by atoms with Crippen LogP contribution in [-0.2, 0) is 11.3 Å². The van der Waals surface area contributed by atoms with Crippen molar-refractivity contribution in [2.75, 3.05) is 33.1 Å². The van der Waals surface area contributed by atoms with Crippen LogP contribution in [0.25, 0.3) is 0 Å². The monoisotopic (exact) mass is 395 g/mol. The number of benzene rings is 1. The highest BCUT2D eigenvalue weighted by Gasteiger charge is 2.22. The molecule has 4 rings (SSSR count). The Balaban J connectivity index is 1.30. The molecule has 2 aliphatic heterocycles. The predicted molar refractivity (Wildman–Crippen MR) is 89.5 cm³/mol. The number of morpholine rings is 1. The lowest BCUT2D eigenvalue weighted by atomic mass is 10.2. The fourth-order valence-electron chi connectivity index (χ4n) is 2.84. The van der Waals surface area contributed by atoms with Crippen LogP contribution in [0.3, 0.4) is 0 Å². The number of ether oxygens (including phenoxy) is 4. The lowest BCUT2D eigenvalue weighted by Crippen LogP contribution is -2.44. The van der Waals surface area contributed by atoms with Crippen molar-refractivity contribution in [2.45, 2.75) is 12.6 Å². The van der Waals surface area contributed by atoms with Crippen LogP contribution in [0.4, 0.5) is 0 Å². The van der Waals surface area contributed by atoms with E-state index >= 15 is 0 Å². The molecule has 2 aliphatic rings. The summed E-state index contributed by atoms with van der Waals surface area (Å²) in [7, 11) is 0. The van der Waals surface area contributed by atoms with Gasteiger partial charge in [0.25, 0.3) is 0 Å². The van der Waals surface area contributed by atoms with E-state index in [1.165, 1.54) is 0 Å². The van der Waals surface area contributed by atoms with E-state index in [9.17, 15) is 0 Å².